The molecule has 1 aromatic carbocycles. The van der Waals surface area contributed by atoms with E-state index in [-0.39, 0.29) is 0 Å². The molecule has 0 aliphatic carbocycles. The summed E-state index contributed by atoms with van der Waals surface area (Å²) in [6.07, 6.45) is 3.38. The summed E-state index contributed by atoms with van der Waals surface area (Å²) in [4.78, 5) is 0. The number of hydrogen-bond acceptors (Lipinski definition) is 3. The van der Waals surface area contributed by atoms with Crippen molar-refractivity contribution in [2.45, 2.75) is 39.2 Å². The molecule has 0 saturated heterocycles. The van der Waals surface area contributed by atoms with Gasteiger partial charge >= 0.3 is 0 Å². The summed E-state index contributed by atoms with van der Waals surface area (Å²) in [5.74, 6) is 0.735. The van der Waals surface area contributed by atoms with Gasteiger partial charge in [0.15, 0.2) is 0 Å². The van der Waals surface area contributed by atoms with Crippen molar-refractivity contribution in [1.82, 2.24) is 0 Å². The van der Waals surface area contributed by atoms with Crippen molar-refractivity contribution >= 4 is 5.69 Å². The average molecular weight is 232 g/mol. The van der Waals surface area contributed by atoms with E-state index >= 15 is 0 Å². The van der Waals surface area contributed by atoms with E-state index < -0.39 is 0 Å². The predicted molar refractivity (Wildman–Crippen MR) is 70.3 cm³/mol. The van der Waals surface area contributed by atoms with Crippen LogP contribution < -0.4 is 10.1 Å². The smallest absolute Gasteiger partial charge is 0.143 e. The number of methoxy groups -OCH3 is 1. The topological polar surface area (TPSA) is 45.0 Å². The fourth-order valence-corrected chi connectivity index (χ4v) is 1.83. The van der Waals surface area contributed by atoms with Crippen molar-refractivity contribution < 1.29 is 4.74 Å². The molecule has 0 bridgehead atoms. The Morgan fingerprint density at radius 2 is 2.18 bits per heavy atom. The second kappa shape index (κ2) is 6.80. The van der Waals surface area contributed by atoms with Crippen LogP contribution in [0.3, 0.4) is 0 Å². The minimum Gasteiger partial charge on any atom is -0.495 e. The highest BCUT2D eigenvalue weighted by Crippen LogP contribution is 2.27. The Morgan fingerprint density at radius 1 is 1.41 bits per heavy atom. The number of nitrogens with one attached hydrogen (secondary N) is 1. The third kappa shape index (κ3) is 3.67. The van der Waals surface area contributed by atoms with Crippen LogP contribution in [-0.4, -0.2) is 13.2 Å². The van der Waals surface area contributed by atoms with Crippen LogP contribution in [-0.2, 0) is 0 Å². The summed E-state index contributed by atoms with van der Waals surface area (Å²) in [5.41, 5.74) is 1.59. The van der Waals surface area contributed by atoms with Crippen molar-refractivity contribution in [2.24, 2.45) is 0 Å². The molecule has 0 fully saturated rings. The van der Waals surface area contributed by atoms with Crippen LogP contribution in [0.15, 0.2) is 18.2 Å². The van der Waals surface area contributed by atoms with Gasteiger partial charge in [-0.05, 0) is 25.0 Å². The molecule has 1 unspecified atom stereocenters. The molecule has 0 aromatic heterocycles. The summed E-state index contributed by atoms with van der Waals surface area (Å²) in [5, 5.41) is 12.3. The Kier molecular flexibility index (Phi) is 5.35. The van der Waals surface area contributed by atoms with Crippen LogP contribution >= 0.6 is 0 Å². The Morgan fingerprint density at radius 3 is 2.71 bits per heavy atom. The minimum atomic E-state index is 0.460. The quantitative estimate of drug-likeness (QED) is 0.815. The summed E-state index contributed by atoms with van der Waals surface area (Å²) in [6.45, 7) is 4.35. The van der Waals surface area contributed by atoms with Crippen LogP contribution in [0.4, 0.5) is 5.69 Å². The molecule has 3 heteroatoms. The van der Waals surface area contributed by atoms with E-state index in [2.05, 4.69) is 25.2 Å². The maximum Gasteiger partial charge on any atom is 0.143 e. The minimum absolute atomic E-state index is 0.460. The van der Waals surface area contributed by atoms with Gasteiger partial charge in [-0.1, -0.05) is 20.3 Å². The van der Waals surface area contributed by atoms with Gasteiger partial charge in [-0.15, -0.1) is 0 Å². The second-order valence-corrected chi connectivity index (χ2v) is 4.07. The highest BCUT2D eigenvalue weighted by atomic mass is 16.5. The fourth-order valence-electron chi connectivity index (χ4n) is 1.83. The molecular formula is C14H20N2O. The van der Waals surface area contributed by atoms with Gasteiger partial charge in [0.1, 0.15) is 5.75 Å². The molecule has 0 heterocycles. The van der Waals surface area contributed by atoms with Crippen LogP contribution in [0.1, 0.15) is 38.7 Å². The lowest BCUT2D eigenvalue weighted by Gasteiger charge is -2.19. The third-order valence-corrected chi connectivity index (χ3v) is 2.82. The molecule has 0 aliphatic rings. The Balaban J connectivity index is 2.86. The molecule has 0 saturated carbocycles. The molecule has 0 radical (unpaired) electrons. The lowest BCUT2D eigenvalue weighted by Crippen LogP contribution is -2.18. The number of benzene rings is 1. The normalized spacial score (nSPS) is 11.6. The molecule has 92 valence electrons. The van der Waals surface area contributed by atoms with E-state index in [9.17, 15) is 0 Å². The van der Waals surface area contributed by atoms with Crippen molar-refractivity contribution in [3.05, 3.63) is 23.8 Å². The lowest BCUT2D eigenvalue weighted by molar-refractivity contribution is 0.415. The first-order valence-corrected chi connectivity index (χ1v) is 6.09. The molecule has 1 aromatic rings. The SMILES string of the molecule is CCCC(CC)Nc1ccc(C#N)cc1OC. The Bertz CT molecular complexity index is 396. The first kappa shape index (κ1) is 13.4. The van der Waals surface area contributed by atoms with Gasteiger partial charge in [0.25, 0.3) is 0 Å². The molecule has 0 aliphatic heterocycles. The van der Waals surface area contributed by atoms with E-state index in [1.807, 2.05) is 12.1 Å². The number of ether oxygens (including phenoxy) is 1. The predicted octanol–water partition coefficient (Wildman–Crippen LogP) is 3.56. The molecule has 0 spiro atoms. The van der Waals surface area contributed by atoms with Gasteiger partial charge in [0, 0.05) is 12.1 Å². The van der Waals surface area contributed by atoms with Gasteiger partial charge in [0.2, 0.25) is 0 Å². The monoisotopic (exact) mass is 232 g/mol. The standard InChI is InChI=1S/C14H20N2O/c1-4-6-12(5-2)16-13-8-7-11(10-15)9-14(13)17-3/h7-9,12,16H,4-6H2,1-3H3. The summed E-state index contributed by atoms with van der Waals surface area (Å²) in [7, 11) is 1.63. The zero-order chi connectivity index (χ0) is 12.7. The lowest BCUT2D eigenvalue weighted by atomic mass is 10.1. The molecule has 3 nitrogen and oxygen atoms in total. The maximum absolute atomic E-state index is 8.83. The largest absolute Gasteiger partial charge is 0.495 e. The van der Waals surface area contributed by atoms with Crippen molar-refractivity contribution in [2.75, 3.05) is 12.4 Å². The summed E-state index contributed by atoms with van der Waals surface area (Å²) < 4.78 is 5.30. The number of hydrogen-bond donors (Lipinski definition) is 1. The molecule has 17 heavy (non-hydrogen) atoms. The van der Waals surface area contributed by atoms with Crippen molar-refractivity contribution in [3.63, 3.8) is 0 Å². The second-order valence-electron chi connectivity index (χ2n) is 4.07. The van der Waals surface area contributed by atoms with Crippen LogP contribution in [0.25, 0.3) is 0 Å². The zero-order valence-electron chi connectivity index (χ0n) is 10.8. The third-order valence-electron chi connectivity index (χ3n) is 2.82. The van der Waals surface area contributed by atoms with Gasteiger partial charge in [-0.25, -0.2) is 0 Å². The van der Waals surface area contributed by atoms with Crippen LogP contribution in [0, 0.1) is 11.3 Å². The van der Waals surface area contributed by atoms with E-state index in [4.69, 9.17) is 10.00 Å². The number of nitriles is 1. The zero-order valence-corrected chi connectivity index (χ0v) is 10.8. The first-order valence-electron chi connectivity index (χ1n) is 6.09. The summed E-state index contributed by atoms with van der Waals surface area (Å²) >= 11 is 0. The van der Waals surface area contributed by atoms with Crippen LogP contribution in [0.2, 0.25) is 0 Å². The van der Waals surface area contributed by atoms with E-state index in [0.29, 0.717) is 11.6 Å². The number of rotatable bonds is 6. The highest BCUT2D eigenvalue weighted by molar-refractivity contribution is 5.59. The fraction of sp³-hybridized carbons (Fsp3) is 0.500. The molecule has 0 amide bonds. The van der Waals surface area contributed by atoms with E-state index in [1.165, 1.54) is 0 Å². The van der Waals surface area contributed by atoms with E-state index in [1.54, 1.807) is 13.2 Å². The molecular weight excluding hydrogens is 212 g/mol. The van der Waals surface area contributed by atoms with Gasteiger partial charge in [0.05, 0.1) is 24.4 Å². The van der Waals surface area contributed by atoms with E-state index in [0.717, 1.165) is 30.7 Å². The Labute approximate surface area is 103 Å². The maximum atomic E-state index is 8.83. The van der Waals surface area contributed by atoms with Crippen molar-refractivity contribution in [3.8, 4) is 11.8 Å². The van der Waals surface area contributed by atoms with Crippen LogP contribution in [0.5, 0.6) is 5.75 Å². The van der Waals surface area contributed by atoms with Gasteiger partial charge < -0.3 is 10.1 Å². The van der Waals surface area contributed by atoms with Gasteiger partial charge in [-0.2, -0.15) is 5.26 Å². The Hall–Kier alpha value is -1.69. The van der Waals surface area contributed by atoms with Gasteiger partial charge in [-0.3, -0.25) is 0 Å². The first-order chi connectivity index (χ1) is 8.24. The highest BCUT2D eigenvalue weighted by Gasteiger charge is 2.09. The molecule has 1 atom stereocenters. The van der Waals surface area contributed by atoms with Crippen molar-refractivity contribution in [1.29, 1.82) is 5.26 Å². The average Bonchev–Trinajstić information content (AvgIpc) is 2.38. The summed E-state index contributed by atoms with van der Waals surface area (Å²) in [6, 6.07) is 8.06. The number of anilines is 1. The molecule has 1 rings (SSSR count). The molecule has 1 N–H and O–H groups in total. The number of nitrogens with zero attached hydrogens (tertiary/aromatic N) is 1.